The Balaban J connectivity index is 2.55. The molecular weight excluding hydrogens is 224 g/mol. The minimum Gasteiger partial charge on any atom is -0.463 e. The van der Waals surface area contributed by atoms with Crippen molar-refractivity contribution in [3.05, 3.63) is 36.5 Å². The molecule has 0 amide bonds. The van der Waals surface area contributed by atoms with Crippen molar-refractivity contribution in [2.24, 2.45) is 11.8 Å². The summed E-state index contributed by atoms with van der Waals surface area (Å²) in [6.45, 7) is 4.95. The molecule has 0 fully saturated rings. The van der Waals surface area contributed by atoms with Gasteiger partial charge in [0.1, 0.15) is 0 Å². The third kappa shape index (κ3) is 7.10. The first-order chi connectivity index (χ1) is 8.68. The number of carbonyl (C=O) groups excluding carboxylic acids is 1. The molecule has 0 saturated heterocycles. The highest BCUT2D eigenvalue weighted by molar-refractivity contribution is 5.81. The first kappa shape index (κ1) is 14.7. The number of hydrogen-bond acceptors (Lipinski definition) is 2. The summed E-state index contributed by atoms with van der Waals surface area (Å²) in [6.07, 6.45) is 16.0. The molecule has 1 heterocycles. The molecule has 0 radical (unpaired) electrons. The van der Waals surface area contributed by atoms with Gasteiger partial charge in [-0.3, -0.25) is 0 Å². The monoisotopic (exact) mass is 248 g/mol. The van der Waals surface area contributed by atoms with Crippen LogP contribution in [0.4, 0.5) is 0 Å². The summed E-state index contributed by atoms with van der Waals surface area (Å²) in [6, 6.07) is 0. The van der Waals surface area contributed by atoms with Crippen LogP contribution >= 0.6 is 0 Å². The average molecular weight is 248 g/mol. The van der Waals surface area contributed by atoms with E-state index in [0.29, 0.717) is 18.4 Å². The quantitative estimate of drug-likeness (QED) is 0.605. The van der Waals surface area contributed by atoms with Gasteiger partial charge in [0.25, 0.3) is 0 Å². The van der Waals surface area contributed by atoms with Crippen molar-refractivity contribution in [2.45, 2.75) is 39.5 Å². The van der Waals surface area contributed by atoms with E-state index < -0.39 is 0 Å². The zero-order valence-electron chi connectivity index (χ0n) is 11.5. The van der Waals surface area contributed by atoms with Crippen LogP contribution in [0.15, 0.2) is 36.5 Å². The van der Waals surface area contributed by atoms with Crippen LogP contribution in [0.3, 0.4) is 0 Å². The van der Waals surface area contributed by atoms with Gasteiger partial charge in [-0.1, -0.05) is 44.2 Å². The summed E-state index contributed by atoms with van der Waals surface area (Å²) in [4.78, 5) is 11.4. The lowest BCUT2D eigenvalue weighted by Crippen LogP contribution is -2.03. The molecule has 0 aromatic rings. The summed E-state index contributed by atoms with van der Waals surface area (Å²) in [5, 5.41) is 0. The van der Waals surface area contributed by atoms with Gasteiger partial charge in [-0.05, 0) is 37.5 Å². The average Bonchev–Trinajstić information content (AvgIpc) is 2.31. The summed E-state index contributed by atoms with van der Waals surface area (Å²) < 4.78 is 5.10. The lowest BCUT2D eigenvalue weighted by Gasteiger charge is -2.12. The molecule has 2 nitrogen and oxygen atoms in total. The number of rotatable bonds is 0. The van der Waals surface area contributed by atoms with Crippen LogP contribution in [0, 0.1) is 11.8 Å². The number of cyclic esters (lactones) is 1. The third-order valence-corrected chi connectivity index (χ3v) is 3.01. The number of allylic oxidation sites excluding steroid dienone is 5. The Bertz CT molecular complexity index is 326. The molecule has 18 heavy (non-hydrogen) atoms. The highest BCUT2D eigenvalue weighted by Gasteiger charge is 2.05. The van der Waals surface area contributed by atoms with E-state index >= 15 is 0 Å². The zero-order valence-corrected chi connectivity index (χ0v) is 11.5. The standard InChI is InChI=1S/C16H24O2/c1-14-9-6-4-3-5-7-12-18-16(17)11-8-10-15(2)13-14/h3-4,6,8-9,11,14-15H,5,7,10,12-13H2,1-2H3/b4-3+,9-6+,11-8+/t14-,15?/m0/s1. The zero-order chi connectivity index (χ0) is 13.2. The molecule has 1 rings (SSSR count). The highest BCUT2D eigenvalue weighted by Crippen LogP contribution is 2.16. The van der Waals surface area contributed by atoms with Gasteiger partial charge in [-0.15, -0.1) is 0 Å². The topological polar surface area (TPSA) is 26.3 Å². The number of esters is 1. The minimum absolute atomic E-state index is 0.216. The predicted octanol–water partition coefficient (Wildman–Crippen LogP) is 4.04. The van der Waals surface area contributed by atoms with E-state index in [1.165, 1.54) is 0 Å². The molecule has 1 aliphatic rings. The van der Waals surface area contributed by atoms with Crippen LogP contribution in [0.25, 0.3) is 0 Å². The summed E-state index contributed by atoms with van der Waals surface area (Å²) in [5.41, 5.74) is 0. The van der Waals surface area contributed by atoms with Crippen LogP contribution in [0.1, 0.15) is 39.5 Å². The molecule has 2 atom stereocenters. The van der Waals surface area contributed by atoms with Crippen LogP contribution in [-0.2, 0) is 9.53 Å². The molecule has 0 aromatic heterocycles. The minimum atomic E-state index is -0.216. The highest BCUT2D eigenvalue weighted by atomic mass is 16.5. The molecule has 0 saturated carbocycles. The molecule has 0 spiro atoms. The fourth-order valence-electron chi connectivity index (χ4n) is 2.06. The molecule has 100 valence electrons. The van der Waals surface area contributed by atoms with E-state index in [0.717, 1.165) is 25.7 Å². The Hall–Kier alpha value is -1.31. The summed E-state index contributed by atoms with van der Waals surface area (Å²) >= 11 is 0. The molecule has 0 N–H and O–H groups in total. The van der Waals surface area contributed by atoms with Gasteiger partial charge in [-0.2, -0.15) is 0 Å². The van der Waals surface area contributed by atoms with Gasteiger partial charge in [0.05, 0.1) is 6.61 Å². The molecular formula is C16H24O2. The van der Waals surface area contributed by atoms with Gasteiger partial charge < -0.3 is 4.74 Å². The Morgan fingerprint density at radius 1 is 1.22 bits per heavy atom. The molecule has 1 aliphatic heterocycles. The maximum Gasteiger partial charge on any atom is 0.330 e. The smallest absolute Gasteiger partial charge is 0.330 e. The second-order valence-electron chi connectivity index (χ2n) is 5.08. The van der Waals surface area contributed by atoms with E-state index in [9.17, 15) is 4.79 Å². The van der Waals surface area contributed by atoms with E-state index in [1.807, 2.05) is 6.08 Å². The van der Waals surface area contributed by atoms with Gasteiger partial charge in [0.15, 0.2) is 0 Å². The van der Waals surface area contributed by atoms with Crippen molar-refractivity contribution in [2.75, 3.05) is 6.61 Å². The van der Waals surface area contributed by atoms with E-state index in [4.69, 9.17) is 4.74 Å². The number of carbonyl (C=O) groups is 1. The molecule has 0 aromatic carbocycles. The van der Waals surface area contributed by atoms with E-state index in [1.54, 1.807) is 6.08 Å². The van der Waals surface area contributed by atoms with Crippen molar-refractivity contribution in [3.8, 4) is 0 Å². The largest absolute Gasteiger partial charge is 0.463 e. The Morgan fingerprint density at radius 3 is 2.89 bits per heavy atom. The van der Waals surface area contributed by atoms with Crippen molar-refractivity contribution >= 4 is 5.97 Å². The van der Waals surface area contributed by atoms with Crippen LogP contribution in [0.2, 0.25) is 0 Å². The van der Waals surface area contributed by atoms with E-state index in [-0.39, 0.29) is 5.97 Å². The third-order valence-electron chi connectivity index (χ3n) is 3.01. The van der Waals surface area contributed by atoms with Crippen molar-refractivity contribution in [3.63, 3.8) is 0 Å². The molecule has 1 unspecified atom stereocenters. The SMILES string of the molecule is CC1C/C=C/C(=O)OCCC/C=C/C=C/[C@H](C)C1. The van der Waals surface area contributed by atoms with Crippen molar-refractivity contribution in [1.29, 1.82) is 0 Å². The molecule has 0 bridgehead atoms. The lowest BCUT2D eigenvalue weighted by atomic mass is 9.94. The van der Waals surface area contributed by atoms with Gasteiger partial charge in [0.2, 0.25) is 0 Å². The summed E-state index contributed by atoms with van der Waals surface area (Å²) in [7, 11) is 0. The van der Waals surface area contributed by atoms with E-state index in [2.05, 4.69) is 38.2 Å². The maximum absolute atomic E-state index is 11.4. The second kappa shape index (κ2) is 8.73. The Kier molecular flexibility index (Phi) is 7.16. The van der Waals surface area contributed by atoms with Crippen molar-refractivity contribution in [1.82, 2.24) is 0 Å². The van der Waals surface area contributed by atoms with Crippen LogP contribution < -0.4 is 0 Å². The Labute approximate surface area is 110 Å². The fourth-order valence-corrected chi connectivity index (χ4v) is 2.06. The van der Waals surface area contributed by atoms with Crippen LogP contribution in [0.5, 0.6) is 0 Å². The first-order valence-electron chi connectivity index (χ1n) is 6.85. The maximum atomic E-state index is 11.4. The summed E-state index contributed by atoms with van der Waals surface area (Å²) in [5.74, 6) is 0.949. The predicted molar refractivity (Wildman–Crippen MR) is 75.2 cm³/mol. The first-order valence-corrected chi connectivity index (χ1v) is 6.85. The number of hydrogen-bond donors (Lipinski definition) is 0. The fraction of sp³-hybridized carbons (Fsp3) is 0.562. The Morgan fingerprint density at radius 2 is 2.06 bits per heavy atom. The van der Waals surface area contributed by atoms with Gasteiger partial charge in [0, 0.05) is 6.08 Å². The normalized spacial score (nSPS) is 32.7. The molecule has 2 heteroatoms. The van der Waals surface area contributed by atoms with Gasteiger partial charge >= 0.3 is 5.97 Å². The molecule has 0 aliphatic carbocycles. The van der Waals surface area contributed by atoms with Crippen LogP contribution in [-0.4, -0.2) is 12.6 Å². The van der Waals surface area contributed by atoms with Gasteiger partial charge in [-0.25, -0.2) is 4.79 Å². The number of ether oxygens (including phenoxy) is 1. The lowest BCUT2D eigenvalue weighted by molar-refractivity contribution is -0.137. The second-order valence-corrected chi connectivity index (χ2v) is 5.08. The van der Waals surface area contributed by atoms with Crippen molar-refractivity contribution < 1.29 is 9.53 Å².